The molecule has 0 saturated heterocycles. The molecule has 0 bridgehead atoms. The lowest BCUT2D eigenvalue weighted by Gasteiger charge is -2.25. The van der Waals surface area contributed by atoms with Crippen LogP contribution >= 0.6 is 0 Å². The van der Waals surface area contributed by atoms with Crippen molar-refractivity contribution in [3.05, 3.63) is 35.8 Å². The summed E-state index contributed by atoms with van der Waals surface area (Å²) in [5, 5.41) is 0. The van der Waals surface area contributed by atoms with Gasteiger partial charge in [-0.1, -0.05) is 26.0 Å². The topological polar surface area (TPSA) is 18.5 Å². The van der Waals surface area contributed by atoms with Crippen molar-refractivity contribution in [2.45, 2.75) is 38.9 Å². The minimum atomic E-state index is -0.420. The van der Waals surface area contributed by atoms with Gasteiger partial charge in [-0.2, -0.15) is 0 Å². The molecule has 1 aliphatic carbocycles. The second-order valence-electron chi connectivity index (χ2n) is 3.59. The third kappa shape index (κ3) is 1.45. The zero-order chi connectivity index (χ0) is 10.0. The minimum absolute atomic E-state index is 0.420. The molecule has 0 radical (unpaired) electrons. The predicted molar refractivity (Wildman–Crippen MR) is 55.4 cm³/mol. The molecular formula is C12H16O2. The number of hydrogen-bond acceptors (Lipinski definition) is 2. The average Bonchev–Trinajstić information content (AvgIpc) is 2.45. The largest absolute Gasteiger partial charge is 0.448 e. The number of rotatable bonds is 2. The van der Waals surface area contributed by atoms with E-state index < -0.39 is 5.79 Å². The summed E-state index contributed by atoms with van der Waals surface area (Å²) < 4.78 is 11.7. The molecule has 1 heterocycles. The van der Waals surface area contributed by atoms with Crippen LogP contribution in [0.15, 0.2) is 35.8 Å². The minimum Gasteiger partial charge on any atom is -0.448 e. The highest BCUT2D eigenvalue weighted by Crippen LogP contribution is 2.37. The first kappa shape index (κ1) is 9.38. The summed E-state index contributed by atoms with van der Waals surface area (Å²) in [5.74, 6) is 1.33. The molecule has 1 aliphatic heterocycles. The Hall–Kier alpha value is -1.18. The predicted octanol–water partition coefficient (Wildman–Crippen LogP) is 3.28. The summed E-state index contributed by atoms with van der Waals surface area (Å²) >= 11 is 0. The normalized spacial score (nSPS) is 22.7. The van der Waals surface area contributed by atoms with Gasteiger partial charge in [0.15, 0.2) is 11.5 Å². The Morgan fingerprint density at radius 1 is 1.07 bits per heavy atom. The van der Waals surface area contributed by atoms with Crippen LogP contribution in [0.5, 0.6) is 0 Å². The second kappa shape index (κ2) is 3.52. The SMILES string of the molecule is CCC1(CC)OC2=C(C=CCC=C2)O1. The van der Waals surface area contributed by atoms with E-state index in [-0.39, 0.29) is 0 Å². The van der Waals surface area contributed by atoms with Crippen LogP contribution in [0.4, 0.5) is 0 Å². The Morgan fingerprint density at radius 3 is 2.00 bits per heavy atom. The van der Waals surface area contributed by atoms with Crippen LogP contribution in [0, 0.1) is 0 Å². The van der Waals surface area contributed by atoms with Gasteiger partial charge in [-0.15, -0.1) is 0 Å². The first-order valence-electron chi connectivity index (χ1n) is 5.25. The molecule has 2 nitrogen and oxygen atoms in total. The monoisotopic (exact) mass is 192 g/mol. The summed E-state index contributed by atoms with van der Waals surface area (Å²) in [6.07, 6.45) is 10.9. The van der Waals surface area contributed by atoms with Crippen LogP contribution in [0.2, 0.25) is 0 Å². The summed E-state index contributed by atoms with van der Waals surface area (Å²) in [6.45, 7) is 4.17. The first-order valence-corrected chi connectivity index (χ1v) is 5.25. The highest BCUT2D eigenvalue weighted by Gasteiger charge is 2.38. The molecule has 0 aromatic carbocycles. The zero-order valence-corrected chi connectivity index (χ0v) is 8.75. The van der Waals surface area contributed by atoms with Crippen LogP contribution in [0.25, 0.3) is 0 Å². The third-order valence-electron chi connectivity index (χ3n) is 2.72. The maximum atomic E-state index is 5.85. The lowest BCUT2D eigenvalue weighted by molar-refractivity contribution is -0.154. The Bertz CT molecular complexity index is 280. The second-order valence-corrected chi connectivity index (χ2v) is 3.59. The lowest BCUT2D eigenvalue weighted by atomic mass is 10.1. The fourth-order valence-electron chi connectivity index (χ4n) is 1.72. The van der Waals surface area contributed by atoms with Crippen LogP contribution in [-0.4, -0.2) is 5.79 Å². The molecule has 0 atom stereocenters. The van der Waals surface area contributed by atoms with Crippen molar-refractivity contribution >= 4 is 0 Å². The molecule has 2 aliphatic rings. The van der Waals surface area contributed by atoms with E-state index in [1.165, 1.54) is 0 Å². The van der Waals surface area contributed by atoms with Crippen molar-refractivity contribution in [1.82, 2.24) is 0 Å². The Balaban J connectivity index is 2.23. The van der Waals surface area contributed by atoms with Crippen molar-refractivity contribution in [3.63, 3.8) is 0 Å². The molecule has 2 heteroatoms. The van der Waals surface area contributed by atoms with E-state index in [2.05, 4.69) is 26.0 Å². The van der Waals surface area contributed by atoms with Gasteiger partial charge in [0.1, 0.15) is 0 Å². The van der Waals surface area contributed by atoms with Gasteiger partial charge < -0.3 is 9.47 Å². The van der Waals surface area contributed by atoms with Crippen LogP contribution in [0.1, 0.15) is 33.1 Å². The van der Waals surface area contributed by atoms with Gasteiger partial charge in [-0.25, -0.2) is 0 Å². The highest BCUT2D eigenvalue weighted by molar-refractivity contribution is 5.31. The van der Waals surface area contributed by atoms with Crippen LogP contribution in [0.3, 0.4) is 0 Å². The molecule has 0 amide bonds. The quantitative estimate of drug-likeness (QED) is 0.668. The number of ether oxygens (including phenoxy) is 2. The first-order chi connectivity index (χ1) is 6.79. The summed E-state index contributed by atoms with van der Waals surface area (Å²) in [5.41, 5.74) is 0. The van der Waals surface area contributed by atoms with E-state index in [0.717, 1.165) is 30.8 Å². The average molecular weight is 192 g/mol. The van der Waals surface area contributed by atoms with Crippen LogP contribution in [-0.2, 0) is 9.47 Å². The van der Waals surface area contributed by atoms with E-state index in [9.17, 15) is 0 Å². The number of allylic oxidation sites excluding steroid dienone is 4. The molecular weight excluding hydrogens is 176 g/mol. The van der Waals surface area contributed by atoms with Crippen molar-refractivity contribution in [1.29, 1.82) is 0 Å². The van der Waals surface area contributed by atoms with Gasteiger partial charge >= 0.3 is 0 Å². The molecule has 2 rings (SSSR count). The van der Waals surface area contributed by atoms with Gasteiger partial charge in [-0.3, -0.25) is 0 Å². The highest BCUT2D eigenvalue weighted by atomic mass is 16.7. The molecule has 0 aromatic rings. The Morgan fingerprint density at radius 2 is 1.57 bits per heavy atom. The summed E-state index contributed by atoms with van der Waals surface area (Å²) in [4.78, 5) is 0. The van der Waals surface area contributed by atoms with E-state index in [4.69, 9.17) is 9.47 Å². The van der Waals surface area contributed by atoms with Gasteiger partial charge in [0.25, 0.3) is 5.79 Å². The smallest absolute Gasteiger partial charge is 0.251 e. The van der Waals surface area contributed by atoms with E-state index in [0.29, 0.717) is 0 Å². The third-order valence-corrected chi connectivity index (χ3v) is 2.72. The van der Waals surface area contributed by atoms with E-state index >= 15 is 0 Å². The lowest BCUT2D eigenvalue weighted by Crippen LogP contribution is -2.28. The van der Waals surface area contributed by atoms with Gasteiger partial charge in [0.05, 0.1) is 0 Å². The standard InChI is InChI=1S/C12H16O2/c1-3-12(4-2)13-10-8-6-5-7-9-11(10)14-12/h6-9H,3-5H2,1-2H3. The molecule has 14 heavy (non-hydrogen) atoms. The van der Waals surface area contributed by atoms with Gasteiger partial charge in [0, 0.05) is 12.8 Å². The van der Waals surface area contributed by atoms with Crippen molar-refractivity contribution in [3.8, 4) is 0 Å². The van der Waals surface area contributed by atoms with Gasteiger partial charge in [-0.05, 0) is 18.6 Å². The fraction of sp³-hybridized carbons (Fsp3) is 0.500. The molecule has 0 fully saturated rings. The van der Waals surface area contributed by atoms with E-state index in [1.54, 1.807) is 0 Å². The van der Waals surface area contributed by atoms with Crippen molar-refractivity contribution in [2.75, 3.05) is 0 Å². The maximum absolute atomic E-state index is 5.85. The summed E-state index contributed by atoms with van der Waals surface area (Å²) in [7, 11) is 0. The van der Waals surface area contributed by atoms with E-state index in [1.807, 2.05) is 12.2 Å². The molecule has 0 saturated carbocycles. The van der Waals surface area contributed by atoms with Crippen LogP contribution < -0.4 is 0 Å². The van der Waals surface area contributed by atoms with Crippen molar-refractivity contribution in [2.24, 2.45) is 0 Å². The fourth-order valence-corrected chi connectivity index (χ4v) is 1.72. The molecule has 0 aromatic heterocycles. The molecule has 0 N–H and O–H groups in total. The zero-order valence-electron chi connectivity index (χ0n) is 8.75. The molecule has 76 valence electrons. The Kier molecular flexibility index (Phi) is 2.36. The molecule has 0 unspecified atom stereocenters. The Labute approximate surface area is 84.9 Å². The summed E-state index contributed by atoms with van der Waals surface area (Å²) in [6, 6.07) is 0. The molecule has 0 spiro atoms. The van der Waals surface area contributed by atoms with Gasteiger partial charge in [0.2, 0.25) is 0 Å². The maximum Gasteiger partial charge on any atom is 0.251 e. The number of hydrogen-bond donors (Lipinski definition) is 0. The van der Waals surface area contributed by atoms with Crippen molar-refractivity contribution < 1.29 is 9.47 Å².